The van der Waals surface area contributed by atoms with Crippen molar-refractivity contribution in [2.75, 3.05) is 7.11 Å². The second kappa shape index (κ2) is 9.52. The summed E-state index contributed by atoms with van der Waals surface area (Å²) in [5, 5.41) is 4.21. The molecule has 2 saturated heterocycles. The largest absolute Gasteiger partial charge is 0.414 e. The van der Waals surface area contributed by atoms with Crippen LogP contribution >= 0.6 is 0 Å². The molecule has 2 heterocycles. The van der Waals surface area contributed by atoms with E-state index in [0.29, 0.717) is 0 Å². The Bertz CT molecular complexity index is 742. The lowest BCUT2D eigenvalue weighted by Gasteiger charge is -2.47. The molecule has 0 spiro atoms. The van der Waals surface area contributed by atoms with E-state index in [1.165, 1.54) is 0 Å². The van der Waals surface area contributed by atoms with Crippen LogP contribution in [-0.4, -0.2) is 66.6 Å². The zero-order valence-electron chi connectivity index (χ0n) is 22.1. The third kappa shape index (κ3) is 4.45. The summed E-state index contributed by atoms with van der Waals surface area (Å²) in [6.45, 7) is 21.2. The van der Waals surface area contributed by atoms with E-state index in [1.54, 1.807) is 7.11 Å². The van der Waals surface area contributed by atoms with E-state index in [2.05, 4.69) is 65.4 Å². The maximum Gasteiger partial charge on any atom is 0.335 e. The van der Waals surface area contributed by atoms with Crippen molar-refractivity contribution >= 4 is 17.1 Å². The Hall–Kier alpha value is -0.496. The first-order valence-corrected chi connectivity index (χ1v) is 16.2. The van der Waals surface area contributed by atoms with Gasteiger partial charge in [-0.1, -0.05) is 60.5 Å². The monoisotopic (exact) mass is 501 g/mol. The van der Waals surface area contributed by atoms with Crippen molar-refractivity contribution < 1.29 is 27.2 Å². The summed E-state index contributed by atoms with van der Waals surface area (Å²) in [6, 6.07) is -0.615. The Labute approximate surface area is 200 Å². The molecule has 0 aromatic heterocycles. The summed E-state index contributed by atoms with van der Waals surface area (Å²) in [5.74, 6) is -0.829. The molecule has 0 radical (unpaired) electrons. The third-order valence-electron chi connectivity index (χ3n) is 7.44. The maximum atomic E-state index is 9.50. The number of rotatable bonds is 6. The minimum atomic E-state index is -2.85. The first-order chi connectivity index (χ1) is 15.3. The zero-order valence-corrected chi connectivity index (χ0v) is 24.1. The van der Waals surface area contributed by atoms with Gasteiger partial charge in [-0.25, -0.2) is 0 Å². The van der Waals surface area contributed by atoms with Crippen molar-refractivity contribution in [2.45, 2.75) is 134 Å². The summed E-state index contributed by atoms with van der Waals surface area (Å²) < 4.78 is 40.1. The van der Waals surface area contributed by atoms with Crippen LogP contribution in [0.15, 0.2) is 5.11 Å². The molecule has 190 valence electrons. The van der Waals surface area contributed by atoms with Crippen LogP contribution in [0.3, 0.4) is 0 Å². The molecule has 0 N–H and O–H groups in total. The van der Waals surface area contributed by atoms with E-state index >= 15 is 0 Å². The van der Waals surface area contributed by atoms with E-state index in [0.717, 1.165) is 0 Å². The number of fused-ring (bicyclic) bond motifs is 2. The molecule has 3 fully saturated rings. The number of ether oxygens (including phenoxy) is 3. The van der Waals surface area contributed by atoms with Crippen molar-refractivity contribution in [3.63, 3.8) is 0 Å². The van der Waals surface area contributed by atoms with Crippen LogP contribution < -0.4 is 0 Å². The minimum Gasteiger partial charge on any atom is -0.414 e. The second-order valence-corrected chi connectivity index (χ2v) is 20.1. The first-order valence-electron chi connectivity index (χ1n) is 12.2. The van der Waals surface area contributed by atoms with Gasteiger partial charge in [0, 0.05) is 12.0 Å². The summed E-state index contributed by atoms with van der Waals surface area (Å²) >= 11 is 0. The predicted octanol–water partition coefficient (Wildman–Crippen LogP) is 5.54. The molecule has 0 unspecified atom stereocenters. The molecule has 33 heavy (non-hydrogen) atoms. The molecular formula is C22H43N3O6Si2. The second-order valence-electron chi connectivity index (χ2n) is 11.3. The molecular weight excluding hydrogens is 458 g/mol. The molecule has 0 aromatic carbocycles. The first kappa shape index (κ1) is 27.1. The molecule has 1 aliphatic carbocycles. The lowest BCUT2D eigenvalue weighted by Crippen LogP contribution is -2.66. The van der Waals surface area contributed by atoms with Gasteiger partial charge in [-0.15, -0.1) is 0 Å². The van der Waals surface area contributed by atoms with Gasteiger partial charge in [0.1, 0.15) is 24.4 Å². The van der Waals surface area contributed by atoms with E-state index < -0.39 is 59.5 Å². The smallest absolute Gasteiger partial charge is 0.335 e. The summed E-state index contributed by atoms with van der Waals surface area (Å²) in [4.78, 5) is 3.18. The van der Waals surface area contributed by atoms with Gasteiger partial charge in [-0.2, -0.15) is 0 Å². The van der Waals surface area contributed by atoms with E-state index in [-0.39, 0.29) is 22.2 Å². The molecule has 6 atom stereocenters. The topological polar surface area (TPSA) is 104 Å². The van der Waals surface area contributed by atoms with Gasteiger partial charge in [0.25, 0.3) is 0 Å². The lowest BCUT2D eigenvalue weighted by atomic mass is 9.83. The van der Waals surface area contributed by atoms with Gasteiger partial charge in [-0.05, 0) is 41.5 Å². The van der Waals surface area contributed by atoms with Gasteiger partial charge < -0.3 is 27.2 Å². The lowest BCUT2D eigenvalue weighted by molar-refractivity contribution is -0.169. The predicted molar refractivity (Wildman–Crippen MR) is 130 cm³/mol. The molecule has 0 bridgehead atoms. The Kier molecular flexibility index (Phi) is 7.81. The van der Waals surface area contributed by atoms with Crippen LogP contribution in [0, 0.1) is 0 Å². The van der Waals surface area contributed by atoms with Crippen molar-refractivity contribution in [3.8, 4) is 0 Å². The van der Waals surface area contributed by atoms with E-state index in [1.807, 2.05) is 13.8 Å². The standard InChI is InChI=1S/C22H43N3O6Si2/c1-12(2)32(13(3)4)29-18-16(24-25-23)17-20(28-22(9,10)27-17)19(26-11)21(18)30-33(31-32,14(5)6)15(7)8/h12-21H,1-11H3/t16-,17-,18-,19+,20-,21+/m0/s1. The van der Waals surface area contributed by atoms with Crippen molar-refractivity contribution in [1.82, 2.24) is 0 Å². The van der Waals surface area contributed by atoms with Crippen LogP contribution in [-0.2, 0) is 27.2 Å². The minimum absolute atomic E-state index is 0.173. The Balaban J connectivity index is 2.25. The molecule has 11 heteroatoms. The quantitative estimate of drug-likeness (QED) is 0.205. The summed E-state index contributed by atoms with van der Waals surface area (Å²) in [6.07, 6.45) is -2.42. The van der Waals surface area contributed by atoms with Crippen molar-refractivity contribution in [1.29, 1.82) is 0 Å². The Morgan fingerprint density at radius 3 is 1.67 bits per heavy atom. The van der Waals surface area contributed by atoms with Gasteiger partial charge >= 0.3 is 17.1 Å². The molecule has 0 aromatic rings. The third-order valence-corrected chi connectivity index (χ3v) is 17.7. The average molecular weight is 502 g/mol. The highest BCUT2D eigenvalue weighted by Gasteiger charge is 2.67. The van der Waals surface area contributed by atoms with Crippen LogP contribution in [0.25, 0.3) is 10.4 Å². The fourth-order valence-electron chi connectivity index (χ4n) is 5.89. The summed E-state index contributed by atoms with van der Waals surface area (Å²) in [5.41, 5.74) is 10.2. The fraction of sp³-hybridized carbons (Fsp3) is 1.00. The SMILES string of the molecule is CO[C@@H]1[C@H]2OC(C)(C)O[C@H]2[C@H](N=[N+]=[N-])[C@@H]2O[Si](C(C)C)(C(C)C)O[Si](C(C)C)(C(C)C)O[C@@H]12. The summed E-state index contributed by atoms with van der Waals surface area (Å²) in [7, 11) is -4.00. The Morgan fingerprint density at radius 2 is 1.24 bits per heavy atom. The van der Waals surface area contributed by atoms with Crippen LogP contribution in [0.2, 0.25) is 22.2 Å². The molecule has 3 rings (SSSR count). The van der Waals surface area contributed by atoms with Crippen molar-refractivity contribution in [2.24, 2.45) is 5.11 Å². The highest BCUT2D eigenvalue weighted by molar-refractivity contribution is 6.84. The highest BCUT2D eigenvalue weighted by Crippen LogP contribution is 2.52. The van der Waals surface area contributed by atoms with Crippen LogP contribution in [0.4, 0.5) is 0 Å². The zero-order chi connectivity index (χ0) is 24.9. The van der Waals surface area contributed by atoms with Crippen molar-refractivity contribution in [3.05, 3.63) is 10.4 Å². The van der Waals surface area contributed by atoms with E-state index in [9.17, 15) is 5.53 Å². The van der Waals surface area contributed by atoms with Gasteiger partial charge in [-0.3, -0.25) is 0 Å². The van der Waals surface area contributed by atoms with Gasteiger partial charge in [0.05, 0.1) is 12.1 Å². The molecule has 2 aliphatic heterocycles. The maximum absolute atomic E-state index is 9.50. The number of hydrogen-bond acceptors (Lipinski definition) is 7. The average Bonchev–Trinajstić information content (AvgIpc) is 2.91. The van der Waals surface area contributed by atoms with Crippen LogP contribution in [0.5, 0.6) is 0 Å². The Morgan fingerprint density at radius 1 is 0.788 bits per heavy atom. The molecule has 0 amide bonds. The van der Waals surface area contributed by atoms with E-state index in [4.69, 9.17) is 27.2 Å². The number of hydrogen-bond donors (Lipinski definition) is 0. The molecule has 3 aliphatic rings. The number of nitrogens with zero attached hydrogens (tertiary/aromatic N) is 3. The number of azide groups is 1. The molecule has 1 saturated carbocycles. The number of methoxy groups -OCH3 is 1. The van der Waals surface area contributed by atoms with Gasteiger partial charge in [0.2, 0.25) is 0 Å². The van der Waals surface area contributed by atoms with Gasteiger partial charge in [0.15, 0.2) is 5.79 Å². The van der Waals surface area contributed by atoms with Crippen LogP contribution in [0.1, 0.15) is 69.2 Å². The normalized spacial score (nSPS) is 37.1. The highest BCUT2D eigenvalue weighted by atomic mass is 28.5. The fourth-order valence-corrected chi connectivity index (χ4v) is 17.2. The molecule has 9 nitrogen and oxygen atoms in total.